The molecule has 1 heterocycles. The average molecular weight is 290 g/mol. The Kier molecular flexibility index (Phi) is 8.43. The molecule has 1 amide bonds. The predicted molar refractivity (Wildman–Crippen MR) is 78.1 cm³/mol. The van der Waals surface area contributed by atoms with Crippen LogP contribution in [0.25, 0.3) is 0 Å². The molecular weight excluding hydrogens is 266 g/mol. The van der Waals surface area contributed by atoms with Gasteiger partial charge in [0.2, 0.25) is 0 Å². The van der Waals surface area contributed by atoms with E-state index in [1.807, 2.05) is 13.8 Å². The van der Waals surface area contributed by atoms with E-state index in [1.165, 1.54) is 0 Å². The third kappa shape index (κ3) is 5.20. The summed E-state index contributed by atoms with van der Waals surface area (Å²) in [6, 6.07) is 0. The van der Waals surface area contributed by atoms with Crippen molar-refractivity contribution in [2.24, 2.45) is 0 Å². The first-order valence-corrected chi connectivity index (χ1v) is 6.53. The van der Waals surface area contributed by atoms with E-state index in [4.69, 9.17) is 4.52 Å². The molecule has 110 valence electrons. The van der Waals surface area contributed by atoms with Gasteiger partial charge in [0.15, 0.2) is 5.76 Å². The molecule has 0 saturated carbocycles. The third-order valence-corrected chi connectivity index (χ3v) is 2.65. The fourth-order valence-electron chi connectivity index (χ4n) is 1.71. The van der Waals surface area contributed by atoms with Crippen molar-refractivity contribution in [3.63, 3.8) is 0 Å². The molecule has 0 bridgehead atoms. The van der Waals surface area contributed by atoms with Gasteiger partial charge in [-0.1, -0.05) is 25.9 Å². The van der Waals surface area contributed by atoms with E-state index in [9.17, 15) is 4.79 Å². The number of rotatable bonds is 7. The van der Waals surface area contributed by atoms with E-state index >= 15 is 0 Å². The second-order valence-electron chi connectivity index (χ2n) is 4.67. The second-order valence-corrected chi connectivity index (χ2v) is 4.67. The van der Waals surface area contributed by atoms with Crippen LogP contribution >= 0.6 is 12.4 Å². The van der Waals surface area contributed by atoms with Crippen molar-refractivity contribution in [3.05, 3.63) is 17.0 Å². The quantitative estimate of drug-likeness (QED) is 0.756. The predicted octanol–water partition coefficient (Wildman–Crippen LogP) is 2.26. The molecule has 0 radical (unpaired) electrons. The fraction of sp³-hybridized carbons (Fsp3) is 0.692. The highest BCUT2D eigenvalue weighted by molar-refractivity contribution is 5.96. The van der Waals surface area contributed by atoms with Gasteiger partial charge >= 0.3 is 0 Å². The van der Waals surface area contributed by atoms with E-state index in [0.29, 0.717) is 23.6 Å². The monoisotopic (exact) mass is 289 g/mol. The molecule has 1 aromatic heterocycles. The average Bonchev–Trinajstić information content (AvgIpc) is 2.71. The van der Waals surface area contributed by atoms with E-state index in [0.717, 1.165) is 19.5 Å². The Morgan fingerprint density at radius 3 is 2.58 bits per heavy atom. The van der Waals surface area contributed by atoms with Crippen LogP contribution in [0.5, 0.6) is 0 Å². The van der Waals surface area contributed by atoms with Crippen molar-refractivity contribution < 1.29 is 9.32 Å². The SMILES string of the molecule is CCCNCCNC(=O)c1c(C)noc1C(C)C.Cl. The minimum atomic E-state index is -0.101. The third-order valence-electron chi connectivity index (χ3n) is 2.65. The number of hydrogen-bond acceptors (Lipinski definition) is 4. The minimum absolute atomic E-state index is 0. The van der Waals surface area contributed by atoms with Gasteiger partial charge in [0.25, 0.3) is 5.91 Å². The number of amides is 1. The Morgan fingerprint density at radius 1 is 1.32 bits per heavy atom. The van der Waals surface area contributed by atoms with Gasteiger partial charge in [-0.15, -0.1) is 12.4 Å². The number of nitrogens with one attached hydrogen (secondary N) is 2. The van der Waals surface area contributed by atoms with Gasteiger partial charge in [0, 0.05) is 19.0 Å². The van der Waals surface area contributed by atoms with E-state index in [2.05, 4.69) is 22.7 Å². The molecule has 0 aliphatic rings. The molecule has 19 heavy (non-hydrogen) atoms. The lowest BCUT2D eigenvalue weighted by atomic mass is 10.0. The highest BCUT2D eigenvalue weighted by Gasteiger charge is 2.21. The zero-order valence-corrected chi connectivity index (χ0v) is 12.9. The lowest BCUT2D eigenvalue weighted by Crippen LogP contribution is -2.32. The van der Waals surface area contributed by atoms with Crippen LogP contribution in [0.1, 0.15) is 54.9 Å². The second kappa shape index (κ2) is 8.93. The van der Waals surface area contributed by atoms with Gasteiger partial charge in [0.05, 0.1) is 5.69 Å². The van der Waals surface area contributed by atoms with E-state index < -0.39 is 0 Å². The van der Waals surface area contributed by atoms with Crippen LogP contribution in [0.3, 0.4) is 0 Å². The summed E-state index contributed by atoms with van der Waals surface area (Å²) < 4.78 is 5.20. The summed E-state index contributed by atoms with van der Waals surface area (Å²) in [4.78, 5) is 12.0. The molecule has 5 nitrogen and oxygen atoms in total. The maximum absolute atomic E-state index is 12.0. The van der Waals surface area contributed by atoms with Gasteiger partial charge in [-0.3, -0.25) is 4.79 Å². The van der Waals surface area contributed by atoms with Crippen molar-refractivity contribution in [1.29, 1.82) is 0 Å². The summed E-state index contributed by atoms with van der Waals surface area (Å²) >= 11 is 0. The Labute approximate surface area is 120 Å². The number of aryl methyl sites for hydroxylation is 1. The molecule has 1 aromatic rings. The number of nitrogens with zero attached hydrogens (tertiary/aromatic N) is 1. The zero-order valence-electron chi connectivity index (χ0n) is 12.1. The van der Waals surface area contributed by atoms with Gasteiger partial charge in [-0.2, -0.15) is 0 Å². The maximum Gasteiger partial charge on any atom is 0.256 e. The van der Waals surface area contributed by atoms with Crippen LogP contribution < -0.4 is 10.6 Å². The first-order chi connectivity index (χ1) is 8.57. The maximum atomic E-state index is 12.0. The molecule has 6 heteroatoms. The van der Waals surface area contributed by atoms with Crippen molar-refractivity contribution >= 4 is 18.3 Å². The first kappa shape index (κ1) is 17.9. The molecule has 1 rings (SSSR count). The van der Waals surface area contributed by atoms with Crippen molar-refractivity contribution in [1.82, 2.24) is 15.8 Å². The van der Waals surface area contributed by atoms with Gasteiger partial charge < -0.3 is 15.2 Å². The number of aromatic nitrogens is 1. The van der Waals surface area contributed by atoms with Crippen LogP contribution in [-0.4, -0.2) is 30.7 Å². The zero-order chi connectivity index (χ0) is 13.5. The Balaban J connectivity index is 0.00000324. The first-order valence-electron chi connectivity index (χ1n) is 6.53. The fourth-order valence-corrected chi connectivity index (χ4v) is 1.71. The van der Waals surface area contributed by atoms with Crippen LogP contribution in [0.15, 0.2) is 4.52 Å². The number of halogens is 1. The lowest BCUT2D eigenvalue weighted by molar-refractivity contribution is 0.0951. The molecule has 0 atom stereocenters. The molecule has 0 unspecified atom stereocenters. The van der Waals surface area contributed by atoms with Crippen molar-refractivity contribution in [3.8, 4) is 0 Å². The summed E-state index contributed by atoms with van der Waals surface area (Å²) in [7, 11) is 0. The molecular formula is C13H24ClN3O2. The highest BCUT2D eigenvalue weighted by atomic mass is 35.5. The lowest BCUT2D eigenvalue weighted by Gasteiger charge is -2.07. The summed E-state index contributed by atoms with van der Waals surface area (Å²) in [6.45, 7) is 10.2. The van der Waals surface area contributed by atoms with Crippen molar-refractivity contribution in [2.75, 3.05) is 19.6 Å². The van der Waals surface area contributed by atoms with Crippen LogP contribution in [-0.2, 0) is 0 Å². The summed E-state index contributed by atoms with van der Waals surface area (Å²) in [5.41, 5.74) is 1.23. The summed E-state index contributed by atoms with van der Waals surface area (Å²) in [5, 5.41) is 9.98. The normalized spacial score (nSPS) is 10.4. The molecule has 0 aliphatic carbocycles. The Bertz CT molecular complexity index is 391. The van der Waals surface area contributed by atoms with E-state index in [-0.39, 0.29) is 24.2 Å². The molecule has 0 saturated heterocycles. The summed E-state index contributed by atoms with van der Waals surface area (Å²) in [6.07, 6.45) is 1.09. The topological polar surface area (TPSA) is 67.2 Å². The Hall–Kier alpha value is -1.07. The van der Waals surface area contributed by atoms with Gasteiger partial charge in [-0.05, 0) is 19.9 Å². The highest BCUT2D eigenvalue weighted by Crippen LogP contribution is 2.21. The Morgan fingerprint density at radius 2 is 2.00 bits per heavy atom. The number of hydrogen-bond donors (Lipinski definition) is 2. The van der Waals surface area contributed by atoms with Crippen molar-refractivity contribution in [2.45, 2.75) is 40.0 Å². The largest absolute Gasteiger partial charge is 0.360 e. The van der Waals surface area contributed by atoms with Crippen LogP contribution in [0, 0.1) is 6.92 Å². The number of carbonyl (C=O) groups is 1. The standard InChI is InChI=1S/C13H23N3O2.ClH/c1-5-6-14-7-8-15-13(17)11-10(4)16-18-12(11)9(2)3;/h9,14H,5-8H2,1-4H3,(H,15,17);1H. The molecule has 2 N–H and O–H groups in total. The van der Waals surface area contributed by atoms with Crippen LogP contribution in [0.4, 0.5) is 0 Å². The van der Waals surface area contributed by atoms with E-state index in [1.54, 1.807) is 6.92 Å². The molecule has 0 aromatic carbocycles. The molecule has 0 aliphatic heterocycles. The van der Waals surface area contributed by atoms with Gasteiger partial charge in [0.1, 0.15) is 5.56 Å². The molecule has 0 spiro atoms. The number of carbonyl (C=O) groups excluding carboxylic acids is 1. The minimum Gasteiger partial charge on any atom is -0.360 e. The van der Waals surface area contributed by atoms with Crippen LogP contribution in [0.2, 0.25) is 0 Å². The summed E-state index contributed by atoms with van der Waals surface area (Å²) in [5.74, 6) is 0.715. The van der Waals surface area contributed by atoms with Gasteiger partial charge in [-0.25, -0.2) is 0 Å². The molecule has 0 fully saturated rings. The smallest absolute Gasteiger partial charge is 0.256 e.